The van der Waals surface area contributed by atoms with Crippen LogP contribution in [0.3, 0.4) is 0 Å². The fourth-order valence-electron chi connectivity index (χ4n) is 3.80. The van der Waals surface area contributed by atoms with Gasteiger partial charge in [-0.15, -0.1) is 0 Å². The zero-order valence-corrected chi connectivity index (χ0v) is 22.5. The molecule has 0 saturated carbocycles. The van der Waals surface area contributed by atoms with Gasteiger partial charge in [0.15, 0.2) is 0 Å². The number of hydrogen-bond acceptors (Lipinski definition) is 4. The van der Waals surface area contributed by atoms with Gasteiger partial charge in [-0.3, -0.25) is 13.9 Å². The molecule has 2 aromatic carbocycles. The van der Waals surface area contributed by atoms with E-state index in [1.54, 1.807) is 19.1 Å². The molecule has 0 spiro atoms. The number of carbonyl (C=O) groups is 2. The number of carbonyl (C=O) groups excluding carboxylic acids is 2. The van der Waals surface area contributed by atoms with E-state index in [0.717, 1.165) is 29.5 Å². The van der Waals surface area contributed by atoms with Crippen LogP contribution in [0.15, 0.2) is 48.5 Å². The summed E-state index contributed by atoms with van der Waals surface area (Å²) in [7, 11) is -4.14. The largest absolute Gasteiger partial charge is 0.416 e. The number of anilines is 1. The molecular formula is C26H34F3N3O4S. The molecule has 2 amide bonds. The highest BCUT2D eigenvalue weighted by molar-refractivity contribution is 7.92. The Morgan fingerprint density at radius 2 is 1.70 bits per heavy atom. The van der Waals surface area contributed by atoms with Crippen molar-refractivity contribution in [3.63, 3.8) is 0 Å². The second-order valence-electron chi connectivity index (χ2n) is 9.39. The molecule has 0 aliphatic rings. The lowest BCUT2D eigenvalue weighted by molar-refractivity contribution is -0.140. The van der Waals surface area contributed by atoms with Crippen molar-refractivity contribution >= 4 is 27.5 Å². The van der Waals surface area contributed by atoms with E-state index >= 15 is 0 Å². The lowest BCUT2D eigenvalue weighted by Crippen LogP contribution is -2.52. The molecule has 204 valence electrons. The van der Waals surface area contributed by atoms with Crippen LogP contribution in [0.4, 0.5) is 18.9 Å². The summed E-state index contributed by atoms with van der Waals surface area (Å²) in [6.07, 6.45) is -3.62. The van der Waals surface area contributed by atoms with Crippen molar-refractivity contribution in [1.29, 1.82) is 0 Å². The molecule has 1 N–H and O–H groups in total. The SMILES string of the molecule is CC[C@H](C(=O)NCC(C)C)N(Cc1cccc(C)c1)C(=O)CN(c1cccc(C(F)(F)F)c1)S(C)(=O)=O. The molecule has 37 heavy (non-hydrogen) atoms. The first kappa shape index (κ1) is 30.1. The third kappa shape index (κ3) is 8.77. The van der Waals surface area contributed by atoms with Crippen LogP contribution in [-0.4, -0.2) is 50.5 Å². The van der Waals surface area contributed by atoms with Gasteiger partial charge in [-0.2, -0.15) is 13.2 Å². The van der Waals surface area contributed by atoms with Crippen LogP contribution in [0, 0.1) is 12.8 Å². The summed E-state index contributed by atoms with van der Waals surface area (Å²) in [5, 5.41) is 2.82. The van der Waals surface area contributed by atoms with Crippen molar-refractivity contribution < 1.29 is 31.2 Å². The third-order valence-electron chi connectivity index (χ3n) is 5.65. The van der Waals surface area contributed by atoms with Gasteiger partial charge in [0.05, 0.1) is 17.5 Å². The molecule has 0 aliphatic carbocycles. The predicted molar refractivity (Wildman–Crippen MR) is 137 cm³/mol. The maximum atomic E-state index is 13.6. The second kappa shape index (κ2) is 12.4. The number of nitrogens with one attached hydrogen (secondary N) is 1. The number of hydrogen-bond donors (Lipinski definition) is 1. The molecule has 1 atom stereocenters. The lowest BCUT2D eigenvalue weighted by atomic mass is 10.1. The van der Waals surface area contributed by atoms with Gasteiger partial charge < -0.3 is 10.2 Å². The molecular weight excluding hydrogens is 507 g/mol. The van der Waals surface area contributed by atoms with Gasteiger partial charge in [0.1, 0.15) is 12.6 Å². The summed E-state index contributed by atoms with van der Waals surface area (Å²) in [6, 6.07) is 10.2. The first-order valence-corrected chi connectivity index (χ1v) is 13.8. The summed E-state index contributed by atoms with van der Waals surface area (Å²) < 4.78 is 65.7. The highest BCUT2D eigenvalue weighted by atomic mass is 32.2. The van der Waals surface area contributed by atoms with Crippen LogP contribution in [0.5, 0.6) is 0 Å². The van der Waals surface area contributed by atoms with Gasteiger partial charge >= 0.3 is 6.18 Å². The lowest BCUT2D eigenvalue weighted by Gasteiger charge is -2.33. The standard InChI is InChI=1S/C26H34F3N3O4S/c1-6-23(25(34)30-15-18(2)3)31(16-20-10-7-9-19(4)13-20)24(33)17-32(37(5,35)36)22-12-8-11-21(14-22)26(27,28)29/h7-14,18,23H,6,15-17H2,1-5H3,(H,30,34)/t23-/m1/s1. The van der Waals surface area contributed by atoms with E-state index in [-0.39, 0.29) is 30.5 Å². The molecule has 0 radical (unpaired) electrons. The number of rotatable bonds is 11. The van der Waals surface area contributed by atoms with Crippen molar-refractivity contribution in [3.05, 3.63) is 65.2 Å². The number of benzene rings is 2. The molecule has 0 fully saturated rings. The summed E-state index contributed by atoms with van der Waals surface area (Å²) >= 11 is 0. The number of alkyl halides is 3. The summed E-state index contributed by atoms with van der Waals surface area (Å²) in [5.41, 5.74) is 0.332. The summed E-state index contributed by atoms with van der Waals surface area (Å²) in [6.45, 7) is 7.11. The zero-order valence-electron chi connectivity index (χ0n) is 21.7. The quantitative estimate of drug-likeness (QED) is 0.458. The number of nitrogens with zero attached hydrogens (tertiary/aromatic N) is 2. The predicted octanol–water partition coefficient (Wildman–Crippen LogP) is 4.36. The van der Waals surface area contributed by atoms with Gasteiger partial charge in [-0.25, -0.2) is 8.42 Å². The van der Waals surface area contributed by atoms with Crippen molar-refractivity contribution in [2.75, 3.05) is 23.7 Å². The first-order valence-electron chi connectivity index (χ1n) is 11.9. The van der Waals surface area contributed by atoms with E-state index in [4.69, 9.17) is 0 Å². The van der Waals surface area contributed by atoms with Crippen LogP contribution in [0.1, 0.15) is 43.9 Å². The molecule has 2 rings (SSSR count). The van der Waals surface area contributed by atoms with Gasteiger partial charge in [-0.05, 0) is 43.0 Å². The van der Waals surface area contributed by atoms with Gasteiger partial charge in [0.25, 0.3) is 0 Å². The third-order valence-corrected chi connectivity index (χ3v) is 6.79. The number of amides is 2. The number of aryl methyl sites for hydroxylation is 1. The van der Waals surface area contributed by atoms with E-state index in [0.29, 0.717) is 16.9 Å². The van der Waals surface area contributed by atoms with Crippen molar-refractivity contribution in [1.82, 2.24) is 10.2 Å². The molecule has 0 aliphatic heterocycles. The monoisotopic (exact) mass is 541 g/mol. The van der Waals surface area contributed by atoms with Crippen LogP contribution in [-0.2, 0) is 32.3 Å². The molecule has 0 aromatic heterocycles. The minimum atomic E-state index is -4.69. The van der Waals surface area contributed by atoms with Crippen LogP contribution in [0.25, 0.3) is 0 Å². The topological polar surface area (TPSA) is 86.8 Å². The smallest absolute Gasteiger partial charge is 0.354 e. The van der Waals surface area contributed by atoms with Crippen LogP contribution >= 0.6 is 0 Å². The Labute approximate surface area is 216 Å². The number of sulfonamides is 1. The minimum Gasteiger partial charge on any atom is -0.354 e. The highest BCUT2D eigenvalue weighted by Gasteiger charge is 2.34. The Hall–Kier alpha value is -3.08. The van der Waals surface area contributed by atoms with E-state index in [2.05, 4.69) is 5.32 Å². The van der Waals surface area contributed by atoms with E-state index in [9.17, 15) is 31.2 Å². The van der Waals surface area contributed by atoms with Gasteiger partial charge in [0, 0.05) is 13.1 Å². The maximum Gasteiger partial charge on any atom is 0.416 e. The molecule has 0 unspecified atom stereocenters. The Balaban J connectivity index is 2.47. The van der Waals surface area contributed by atoms with E-state index in [1.807, 2.05) is 32.9 Å². The molecule has 0 bridgehead atoms. The molecule has 11 heteroatoms. The summed E-state index contributed by atoms with van der Waals surface area (Å²) in [5.74, 6) is -0.929. The Bertz CT molecular complexity index is 1200. The average Bonchev–Trinajstić information content (AvgIpc) is 2.79. The van der Waals surface area contributed by atoms with E-state index in [1.165, 1.54) is 11.0 Å². The number of halogens is 3. The minimum absolute atomic E-state index is 0.0221. The molecule has 2 aromatic rings. The normalized spacial score (nSPS) is 12.8. The fourth-order valence-corrected chi connectivity index (χ4v) is 4.64. The Kier molecular flexibility index (Phi) is 10.1. The van der Waals surface area contributed by atoms with Crippen molar-refractivity contribution in [3.8, 4) is 0 Å². The summed E-state index contributed by atoms with van der Waals surface area (Å²) in [4.78, 5) is 27.9. The molecule has 0 saturated heterocycles. The average molecular weight is 542 g/mol. The Morgan fingerprint density at radius 1 is 1.05 bits per heavy atom. The fraction of sp³-hybridized carbons (Fsp3) is 0.462. The molecule has 7 nitrogen and oxygen atoms in total. The second-order valence-corrected chi connectivity index (χ2v) is 11.3. The van der Waals surface area contributed by atoms with Crippen molar-refractivity contribution in [2.45, 2.75) is 52.9 Å². The first-order chi connectivity index (χ1) is 17.1. The van der Waals surface area contributed by atoms with Gasteiger partial charge in [0.2, 0.25) is 21.8 Å². The maximum absolute atomic E-state index is 13.6. The van der Waals surface area contributed by atoms with E-state index < -0.39 is 40.3 Å². The molecule has 0 heterocycles. The Morgan fingerprint density at radius 3 is 2.24 bits per heavy atom. The van der Waals surface area contributed by atoms with Crippen LogP contribution in [0.2, 0.25) is 0 Å². The van der Waals surface area contributed by atoms with Gasteiger partial charge in [-0.1, -0.05) is 56.7 Å². The van der Waals surface area contributed by atoms with Crippen LogP contribution < -0.4 is 9.62 Å². The zero-order chi connectivity index (χ0) is 28.0. The highest BCUT2D eigenvalue weighted by Crippen LogP contribution is 2.32. The van der Waals surface area contributed by atoms with Crippen molar-refractivity contribution in [2.24, 2.45) is 5.92 Å².